The molecule has 0 fully saturated rings. The highest BCUT2D eigenvalue weighted by atomic mass is 79.9. The molecule has 10 heteroatoms. The third kappa shape index (κ3) is 5.38. The Morgan fingerprint density at radius 2 is 1.97 bits per heavy atom. The van der Waals surface area contributed by atoms with Crippen LogP contribution in [0.15, 0.2) is 75.0 Å². The molecule has 0 saturated carbocycles. The molecule has 3 aromatic carbocycles. The van der Waals surface area contributed by atoms with Gasteiger partial charge in [-0.15, -0.1) is 0 Å². The van der Waals surface area contributed by atoms with E-state index in [4.69, 9.17) is 4.74 Å². The molecule has 35 heavy (non-hydrogen) atoms. The maximum absolute atomic E-state index is 13.0. The van der Waals surface area contributed by atoms with Gasteiger partial charge in [-0.05, 0) is 42.8 Å². The second kappa shape index (κ2) is 10.1. The van der Waals surface area contributed by atoms with Crippen molar-refractivity contribution in [3.8, 4) is 5.75 Å². The number of benzene rings is 3. The van der Waals surface area contributed by atoms with Crippen LogP contribution in [-0.2, 0) is 6.61 Å². The molecule has 4 rings (SSSR count). The highest BCUT2D eigenvalue weighted by Crippen LogP contribution is 2.25. The van der Waals surface area contributed by atoms with Gasteiger partial charge in [-0.1, -0.05) is 28.1 Å². The van der Waals surface area contributed by atoms with Gasteiger partial charge in [0.1, 0.15) is 18.2 Å². The van der Waals surface area contributed by atoms with Crippen molar-refractivity contribution in [2.24, 2.45) is 5.10 Å². The van der Waals surface area contributed by atoms with Crippen molar-refractivity contribution < 1.29 is 9.66 Å². The van der Waals surface area contributed by atoms with E-state index in [0.29, 0.717) is 33.6 Å². The standard InChI is InChI=1S/C25H22BrN5O4/c1-16-28-23-10-8-19(26)12-22(23)25(32)30(16)27-14-18-7-9-20(29(2)3)13-24(18)35-15-17-5-4-6-21(11-17)31(33)34/h4-14H,15H2,1-3H3. The SMILES string of the molecule is Cc1nc2ccc(Br)cc2c(=O)n1N=Cc1ccc(N(C)C)cc1OCc1cccc([N+](=O)[O-])c1. The summed E-state index contributed by atoms with van der Waals surface area (Å²) in [5, 5.41) is 15.9. The van der Waals surface area contributed by atoms with Crippen molar-refractivity contribution in [1.29, 1.82) is 0 Å². The van der Waals surface area contributed by atoms with Gasteiger partial charge in [-0.3, -0.25) is 14.9 Å². The Bertz CT molecular complexity index is 1510. The normalized spacial score (nSPS) is 11.2. The summed E-state index contributed by atoms with van der Waals surface area (Å²) in [7, 11) is 3.82. The molecule has 0 N–H and O–H groups in total. The maximum atomic E-state index is 13.0. The Morgan fingerprint density at radius 3 is 2.71 bits per heavy atom. The molecule has 0 aliphatic heterocycles. The van der Waals surface area contributed by atoms with Gasteiger partial charge in [0, 0.05) is 48.0 Å². The summed E-state index contributed by atoms with van der Waals surface area (Å²) in [6, 6.07) is 17.2. The van der Waals surface area contributed by atoms with Crippen molar-refractivity contribution in [3.63, 3.8) is 0 Å². The number of fused-ring (bicyclic) bond motifs is 1. The van der Waals surface area contributed by atoms with Crippen LogP contribution in [0.3, 0.4) is 0 Å². The molecule has 0 bridgehead atoms. The maximum Gasteiger partial charge on any atom is 0.282 e. The molecule has 1 heterocycles. The molecule has 0 unspecified atom stereocenters. The predicted octanol–water partition coefficient (Wildman–Crippen LogP) is 4.90. The van der Waals surface area contributed by atoms with Crippen LogP contribution in [0.4, 0.5) is 11.4 Å². The van der Waals surface area contributed by atoms with Gasteiger partial charge in [0.25, 0.3) is 11.2 Å². The monoisotopic (exact) mass is 535 g/mol. The molecule has 9 nitrogen and oxygen atoms in total. The third-order valence-corrected chi connectivity index (χ3v) is 5.80. The van der Waals surface area contributed by atoms with E-state index in [9.17, 15) is 14.9 Å². The zero-order valence-electron chi connectivity index (χ0n) is 19.3. The highest BCUT2D eigenvalue weighted by molar-refractivity contribution is 9.10. The van der Waals surface area contributed by atoms with Crippen LogP contribution in [0.2, 0.25) is 0 Å². The average molecular weight is 536 g/mol. The Kier molecular flexibility index (Phi) is 6.92. The smallest absolute Gasteiger partial charge is 0.282 e. The molecule has 4 aromatic rings. The Morgan fingerprint density at radius 1 is 1.17 bits per heavy atom. The topological polar surface area (TPSA) is 103 Å². The van der Waals surface area contributed by atoms with Crippen molar-refractivity contribution in [1.82, 2.24) is 9.66 Å². The number of nitrogens with zero attached hydrogens (tertiary/aromatic N) is 5. The van der Waals surface area contributed by atoms with E-state index < -0.39 is 4.92 Å². The van der Waals surface area contributed by atoms with E-state index in [0.717, 1.165) is 10.2 Å². The Hall–Kier alpha value is -4.05. The number of non-ortho nitro benzene ring substituents is 1. The third-order valence-electron chi connectivity index (χ3n) is 5.31. The number of aryl methyl sites for hydroxylation is 1. The average Bonchev–Trinajstić information content (AvgIpc) is 2.83. The molecule has 0 atom stereocenters. The summed E-state index contributed by atoms with van der Waals surface area (Å²) in [6.07, 6.45) is 1.54. The molecule has 0 radical (unpaired) electrons. The number of nitro groups is 1. The minimum absolute atomic E-state index is 0.000203. The van der Waals surface area contributed by atoms with Gasteiger partial charge in [-0.2, -0.15) is 9.78 Å². The Labute approximate surface area is 209 Å². The van der Waals surface area contributed by atoms with Gasteiger partial charge < -0.3 is 9.64 Å². The van der Waals surface area contributed by atoms with Crippen molar-refractivity contribution in [3.05, 3.63) is 103 Å². The van der Waals surface area contributed by atoms with E-state index in [-0.39, 0.29) is 17.9 Å². The van der Waals surface area contributed by atoms with Crippen molar-refractivity contribution in [2.75, 3.05) is 19.0 Å². The summed E-state index contributed by atoms with van der Waals surface area (Å²) in [5.74, 6) is 0.971. The summed E-state index contributed by atoms with van der Waals surface area (Å²) in [4.78, 5) is 30.1. The lowest BCUT2D eigenvalue weighted by Gasteiger charge is -2.16. The van der Waals surface area contributed by atoms with Crippen LogP contribution >= 0.6 is 15.9 Å². The number of rotatable bonds is 7. The van der Waals surface area contributed by atoms with Gasteiger partial charge in [0.2, 0.25) is 0 Å². The fourth-order valence-electron chi connectivity index (χ4n) is 3.47. The second-order valence-corrected chi connectivity index (χ2v) is 8.93. The van der Waals surface area contributed by atoms with Crippen molar-refractivity contribution in [2.45, 2.75) is 13.5 Å². The van der Waals surface area contributed by atoms with Crippen LogP contribution < -0.4 is 15.2 Å². The molecule has 0 amide bonds. The lowest BCUT2D eigenvalue weighted by Crippen LogP contribution is -2.20. The second-order valence-electron chi connectivity index (χ2n) is 8.01. The number of halogens is 1. The Balaban J connectivity index is 1.69. The fraction of sp³-hybridized carbons (Fsp3) is 0.160. The first-order valence-electron chi connectivity index (χ1n) is 10.6. The molecule has 0 spiro atoms. The number of aromatic nitrogens is 2. The van der Waals surface area contributed by atoms with Crippen molar-refractivity contribution >= 4 is 44.4 Å². The molecule has 0 aliphatic rings. The van der Waals surface area contributed by atoms with E-state index in [1.165, 1.54) is 16.8 Å². The molecule has 178 valence electrons. The fourth-order valence-corrected chi connectivity index (χ4v) is 3.83. The molecule has 0 aliphatic carbocycles. The van der Waals surface area contributed by atoms with Gasteiger partial charge in [-0.25, -0.2) is 4.98 Å². The number of ether oxygens (including phenoxy) is 1. The minimum Gasteiger partial charge on any atom is -0.488 e. The number of nitro benzene ring substituents is 1. The summed E-state index contributed by atoms with van der Waals surface area (Å²) >= 11 is 3.39. The molecule has 0 saturated heterocycles. The summed E-state index contributed by atoms with van der Waals surface area (Å²) in [6.45, 7) is 1.85. The number of hydrogen-bond acceptors (Lipinski definition) is 7. The van der Waals surface area contributed by atoms with Gasteiger partial charge in [0.05, 0.1) is 22.0 Å². The van der Waals surface area contributed by atoms with Crippen LogP contribution in [0.1, 0.15) is 17.0 Å². The van der Waals surface area contributed by atoms with Gasteiger partial charge >= 0.3 is 0 Å². The van der Waals surface area contributed by atoms with Crippen LogP contribution in [0.5, 0.6) is 5.75 Å². The van der Waals surface area contributed by atoms with Crippen LogP contribution in [-0.4, -0.2) is 34.9 Å². The van der Waals surface area contributed by atoms with Crippen LogP contribution in [0, 0.1) is 17.0 Å². The molecular formula is C25H22BrN5O4. The van der Waals surface area contributed by atoms with E-state index >= 15 is 0 Å². The first kappa shape index (κ1) is 24.1. The molecule has 1 aromatic heterocycles. The summed E-state index contributed by atoms with van der Waals surface area (Å²) < 4.78 is 8.06. The number of anilines is 1. The largest absolute Gasteiger partial charge is 0.488 e. The number of hydrogen-bond donors (Lipinski definition) is 0. The zero-order valence-corrected chi connectivity index (χ0v) is 20.9. The predicted molar refractivity (Wildman–Crippen MR) is 140 cm³/mol. The first-order valence-corrected chi connectivity index (χ1v) is 11.4. The quantitative estimate of drug-likeness (QED) is 0.189. The zero-order chi connectivity index (χ0) is 25.1. The van der Waals surface area contributed by atoms with E-state index in [2.05, 4.69) is 26.0 Å². The van der Waals surface area contributed by atoms with E-state index in [1.807, 2.05) is 43.3 Å². The summed E-state index contributed by atoms with van der Waals surface area (Å²) in [5.41, 5.74) is 2.52. The lowest BCUT2D eigenvalue weighted by atomic mass is 10.1. The minimum atomic E-state index is -0.440. The highest BCUT2D eigenvalue weighted by Gasteiger charge is 2.11. The van der Waals surface area contributed by atoms with E-state index in [1.54, 1.807) is 37.4 Å². The van der Waals surface area contributed by atoms with Crippen LogP contribution in [0.25, 0.3) is 10.9 Å². The lowest BCUT2D eigenvalue weighted by molar-refractivity contribution is -0.384. The first-order chi connectivity index (χ1) is 16.7. The van der Waals surface area contributed by atoms with Gasteiger partial charge in [0.15, 0.2) is 0 Å². The molecular weight excluding hydrogens is 514 g/mol.